The fourth-order valence-corrected chi connectivity index (χ4v) is 1.44. The first kappa shape index (κ1) is 13.2. The van der Waals surface area contributed by atoms with Gasteiger partial charge in [0.05, 0.1) is 0 Å². The Morgan fingerprint density at radius 3 is 2.40 bits per heavy atom. The molecule has 1 heterocycles. The van der Waals surface area contributed by atoms with Crippen molar-refractivity contribution in [3.8, 4) is 11.3 Å². The zero-order valence-electron chi connectivity index (χ0n) is 8.82. The van der Waals surface area contributed by atoms with Gasteiger partial charge in [-0.2, -0.15) is 0 Å². The van der Waals surface area contributed by atoms with Crippen LogP contribution in [0.25, 0.3) is 11.3 Å². The molecule has 71 valence electrons. The Hall–Kier alpha value is 0.156. The number of aromatic amines is 1. The summed E-state index contributed by atoms with van der Waals surface area (Å²) in [5.74, 6) is 0. The van der Waals surface area contributed by atoms with E-state index < -0.39 is 0 Å². The van der Waals surface area contributed by atoms with E-state index in [2.05, 4.69) is 41.2 Å². The maximum absolute atomic E-state index is 4.96. The molecule has 0 amide bonds. The second-order valence-corrected chi connectivity index (χ2v) is 3.54. The van der Waals surface area contributed by atoms with Crippen LogP contribution in [-0.2, 0) is 0 Å². The number of hydrogen-bond acceptors (Lipinski definition) is 2. The van der Waals surface area contributed by atoms with Gasteiger partial charge in [0.15, 0.2) is 4.77 Å². The Labute approximate surface area is 137 Å². The first-order valence-corrected chi connectivity index (χ1v) is 4.79. The van der Waals surface area contributed by atoms with E-state index in [1.54, 1.807) is 6.20 Å². The summed E-state index contributed by atoms with van der Waals surface area (Å²) in [6.07, 6.45) is 1.72. The first-order chi connectivity index (χ1) is 6.75. The van der Waals surface area contributed by atoms with Gasteiger partial charge in [0.1, 0.15) is 0 Å². The first-order valence-electron chi connectivity index (χ1n) is 4.38. The summed E-state index contributed by atoms with van der Waals surface area (Å²) in [7, 11) is 0. The van der Waals surface area contributed by atoms with Crippen LogP contribution in [0, 0.1) is 11.7 Å². The van der Waals surface area contributed by atoms with Crippen LogP contribution in [-0.4, -0.2) is 61.4 Å². The minimum absolute atomic E-state index is 0. The van der Waals surface area contributed by atoms with Crippen LogP contribution in [0.4, 0.5) is 0 Å². The van der Waals surface area contributed by atoms with Gasteiger partial charge in [0.2, 0.25) is 0 Å². The van der Waals surface area contributed by atoms with Crippen molar-refractivity contribution in [2.24, 2.45) is 0 Å². The van der Waals surface area contributed by atoms with E-state index in [1.165, 1.54) is 5.56 Å². The number of benzene rings is 1. The molecule has 15 heavy (non-hydrogen) atoms. The summed E-state index contributed by atoms with van der Waals surface area (Å²) in [6, 6.07) is 10.2. The quantitative estimate of drug-likeness (QED) is 0.614. The average molecular weight is 241 g/mol. The van der Waals surface area contributed by atoms with Crippen LogP contribution >= 0.6 is 12.2 Å². The van der Waals surface area contributed by atoms with Crippen molar-refractivity contribution in [3.05, 3.63) is 46.9 Å². The Kier molecular flexibility index (Phi) is 5.32. The maximum atomic E-state index is 4.96. The van der Waals surface area contributed by atoms with Crippen LogP contribution in [0.5, 0.6) is 0 Å². The molecule has 0 aliphatic carbocycles. The number of aryl methyl sites for hydroxylation is 1. The smallest absolute Gasteiger partial charge is 0.197 e. The molecule has 2 aromatic rings. The summed E-state index contributed by atoms with van der Waals surface area (Å²) in [5.41, 5.74) is 3.38. The van der Waals surface area contributed by atoms with Gasteiger partial charge in [0, 0.05) is 63.3 Å². The molecule has 0 unspecified atom stereocenters. The molecule has 2 nitrogen and oxygen atoms in total. The fraction of sp³-hybridized carbons (Fsp3) is 0.0909. The van der Waals surface area contributed by atoms with Gasteiger partial charge < -0.3 is 4.98 Å². The molecule has 0 atom stereocenters. The largest absolute Gasteiger partial charge is 0.330 e. The number of hydrogen-bond donors (Lipinski definition) is 1. The third kappa shape index (κ3) is 3.59. The number of rotatable bonds is 1. The zero-order valence-corrected chi connectivity index (χ0v) is 12.8. The number of nitrogens with zero attached hydrogens (tertiary/aromatic N) is 1. The van der Waals surface area contributed by atoms with Crippen LogP contribution in [0.1, 0.15) is 5.56 Å². The summed E-state index contributed by atoms with van der Waals surface area (Å²) >= 11 is 4.96. The molecule has 0 saturated heterocycles. The number of H-pyrrole nitrogens is 1. The van der Waals surface area contributed by atoms with Gasteiger partial charge in [-0.15, -0.1) is 0 Å². The van der Waals surface area contributed by atoms with Gasteiger partial charge >= 0.3 is 0 Å². The van der Waals surface area contributed by atoms with Crippen molar-refractivity contribution in [2.75, 3.05) is 0 Å². The van der Waals surface area contributed by atoms with E-state index in [1.807, 2.05) is 6.07 Å². The third-order valence-corrected chi connectivity index (χ3v) is 2.24. The van der Waals surface area contributed by atoms with Gasteiger partial charge in [0.25, 0.3) is 0 Å². The molecular formula is C11H10KN2S. The van der Waals surface area contributed by atoms with Gasteiger partial charge in [-0.1, -0.05) is 29.8 Å². The fourth-order valence-electron chi connectivity index (χ4n) is 1.27. The Balaban J connectivity index is 0.00000112. The van der Waals surface area contributed by atoms with Crippen molar-refractivity contribution in [1.82, 2.24) is 9.97 Å². The molecule has 4 heteroatoms. The molecule has 0 fully saturated rings. The van der Waals surface area contributed by atoms with Gasteiger partial charge in [-0.3, -0.25) is 0 Å². The maximum Gasteiger partial charge on any atom is 0.197 e. The molecule has 1 aromatic carbocycles. The summed E-state index contributed by atoms with van der Waals surface area (Å²) in [4.78, 5) is 6.99. The molecule has 1 radical (unpaired) electrons. The van der Waals surface area contributed by atoms with Crippen molar-refractivity contribution in [1.29, 1.82) is 0 Å². The van der Waals surface area contributed by atoms with E-state index in [9.17, 15) is 0 Å². The second kappa shape index (κ2) is 6.03. The molecule has 0 aliphatic rings. The van der Waals surface area contributed by atoms with Crippen molar-refractivity contribution in [3.63, 3.8) is 0 Å². The molecule has 2 rings (SSSR count). The molecular weight excluding hydrogens is 231 g/mol. The topological polar surface area (TPSA) is 28.7 Å². The summed E-state index contributed by atoms with van der Waals surface area (Å²) in [6.45, 7) is 2.07. The van der Waals surface area contributed by atoms with E-state index in [4.69, 9.17) is 12.2 Å². The molecule has 1 aromatic heterocycles. The predicted molar refractivity (Wildman–Crippen MR) is 65.3 cm³/mol. The number of nitrogens with one attached hydrogen (secondary N) is 1. The summed E-state index contributed by atoms with van der Waals surface area (Å²) in [5, 5.41) is 0. The van der Waals surface area contributed by atoms with E-state index in [0.29, 0.717) is 4.77 Å². The van der Waals surface area contributed by atoms with Crippen LogP contribution in [0.3, 0.4) is 0 Å². The molecule has 0 saturated carbocycles. The van der Waals surface area contributed by atoms with Gasteiger partial charge in [-0.05, 0) is 30.8 Å². The van der Waals surface area contributed by atoms with Crippen molar-refractivity contribution >= 4 is 63.6 Å². The van der Waals surface area contributed by atoms with Crippen molar-refractivity contribution in [2.45, 2.75) is 6.92 Å². The second-order valence-electron chi connectivity index (χ2n) is 3.15. The van der Waals surface area contributed by atoms with Crippen molar-refractivity contribution < 1.29 is 0 Å². The van der Waals surface area contributed by atoms with Gasteiger partial charge in [-0.25, -0.2) is 4.98 Å². The third-order valence-electron chi connectivity index (χ3n) is 2.04. The molecule has 0 spiro atoms. The SMILES string of the molecule is Cc1ccc(-c2ccnc(=S)[nH]2)cc1.[K]. The van der Waals surface area contributed by atoms with Crippen LogP contribution < -0.4 is 0 Å². The van der Waals surface area contributed by atoms with E-state index >= 15 is 0 Å². The van der Waals surface area contributed by atoms with Crippen LogP contribution in [0.15, 0.2) is 36.5 Å². The number of aromatic nitrogens is 2. The summed E-state index contributed by atoms with van der Waals surface area (Å²) < 4.78 is 0.517. The van der Waals surface area contributed by atoms with Crippen LogP contribution in [0.2, 0.25) is 0 Å². The zero-order chi connectivity index (χ0) is 9.97. The molecule has 0 bridgehead atoms. The minimum Gasteiger partial charge on any atom is -0.330 e. The normalized spacial score (nSPS) is 9.40. The average Bonchev–Trinajstić information content (AvgIpc) is 2.19. The van der Waals surface area contributed by atoms with E-state index in [-0.39, 0.29) is 51.4 Å². The van der Waals surface area contributed by atoms with E-state index in [0.717, 1.165) is 11.3 Å². The Morgan fingerprint density at radius 1 is 1.13 bits per heavy atom. The molecule has 1 N–H and O–H groups in total. The molecule has 0 aliphatic heterocycles. The standard InChI is InChI=1S/C11H10N2S.K/c1-8-2-4-9(5-3-8)10-6-7-12-11(14)13-10;/h2-7H,1H3,(H,12,13,14);. The predicted octanol–water partition coefficient (Wildman–Crippen LogP) is 2.73. The monoisotopic (exact) mass is 241 g/mol. The minimum atomic E-state index is 0. The Morgan fingerprint density at radius 2 is 1.80 bits per heavy atom. The Bertz CT molecular complexity index is 490.